The molecule has 0 saturated carbocycles. The second kappa shape index (κ2) is 7.21. The van der Waals surface area contributed by atoms with Crippen molar-refractivity contribution in [1.29, 1.82) is 0 Å². The lowest BCUT2D eigenvalue weighted by molar-refractivity contribution is 0.0936. The lowest BCUT2D eigenvalue weighted by Crippen LogP contribution is -2.27. The van der Waals surface area contributed by atoms with Crippen LogP contribution < -0.4 is 5.32 Å². The van der Waals surface area contributed by atoms with E-state index in [0.29, 0.717) is 16.4 Å². The van der Waals surface area contributed by atoms with Gasteiger partial charge in [0.25, 0.3) is 5.91 Å². The summed E-state index contributed by atoms with van der Waals surface area (Å²) >= 11 is 6.02. The number of hydrogen-bond donors (Lipinski definition) is 1. The van der Waals surface area contributed by atoms with Gasteiger partial charge in [0, 0.05) is 29.2 Å². The summed E-state index contributed by atoms with van der Waals surface area (Å²) in [7, 11) is 0. The Morgan fingerprint density at radius 2 is 1.93 bits per heavy atom. The number of nitrogens with one attached hydrogen (secondary N) is 1. The van der Waals surface area contributed by atoms with Crippen LogP contribution in [0, 0.1) is 0 Å². The molecule has 0 radical (unpaired) electrons. The smallest absolute Gasteiger partial charge is 0.272 e. The van der Waals surface area contributed by atoms with Gasteiger partial charge in [0.15, 0.2) is 5.69 Å². The number of halogens is 1. The Bertz CT molecular complexity index is 1090. The van der Waals surface area contributed by atoms with Crippen LogP contribution in [0.1, 0.15) is 29.0 Å². The first-order valence-corrected chi connectivity index (χ1v) is 8.95. The summed E-state index contributed by atoms with van der Waals surface area (Å²) in [5.74, 6) is -0.236. The number of hydrogen-bond acceptors (Lipinski definition) is 3. The molecule has 0 aliphatic heterocycles. The maximum atomic E-state index is 13.0. The van der Waals surface area contributed by atoms with Crippen LogP contribution in [-0.4, -0.2) is 20.3 Å². The Morgan fingerprint density at radius 1 is 1.11 bits per heavy atom. The lowest BCUT2D eigenvalue weighted by Gasteiger charge is -2.13. The fourth-order valence-corrected chi connectivity index (χ4v) is 3.14. The van der Waals surface area contributed by atoms with Crippen molar-refractivity contribution < 1.29 is 4.79 Å². The van der Waals surface area contributed by atoms with Gasteiger partial charge < -0.3 is 5.32 Å². The van der Waals surface area contributed by atoms with Gasteiger partial charge in [-0.3, -0.25) is 14.2 Å². The van der Waals surface area contributed by atoms with Crippen LogP contribution in [0.4, 0.5) is 0 Å². The molecular formula is C21H17ClN4O. The van der Waals surface area contributed by atoms with Gasteiger partial charge >= 0.3 is 0 Å². The molecule has 134 valence electrons. The Labute approximate surface area is 161 Å². The summed E-state index contributed by atoms with van der Waals surface area (Å²) in [6.07, 6.45) is 5.35. The van der Waals surface area contributed by atoms with Gasteiger partial charge in [0.05, 0.1) is 11.7 Å². The second-order valence-corrected chi connectivity index (χ2v) is 6.66. The first-order valence-electron chi connectivity index (χ1n) is 8.57. The fourth-order valence-electron chi connectivity index (χ4n) is 3.02. The largest absolute Gasteiger partial charge is 0.344 e. The first-order chi connectivity index (χ1) is 13.1. The number of carbonyl (C=O) groups is 1. The van der Waals surface area contributed by atoms with E-state index >= 15 is 0 Å². The topological polar surface area (TPSA) is 59.3 Å². The number of imidazole rings is 1. The molecule has 1 unspecified atom stereocenters. The minimum Gasteiger partial charge on any atom is -0.344 e. The molecule has 4 aromatic rings. The van der Waals surface area contributed by atoms with E-state index in [0.717, 1.165) is 16.8 Å². The molecule has 0 spiro atoms. The Hall–Kier alpha value is -3.18. The van der Waals surface area contributed by atoms with E-state index in [1.807, 2.05) is 60.0 Å². The second-order valence-electron chi connectivity index (χ2n) is 6.23. The van der Waals surface area contributed by atoms with Crippen molar-refractivity contribution >= 4 is 23.2 Å². The van der Waals surface area contributed by atoms with E-state index in [1.54, 1.807) is 24.5 Å². The zero-order valence-electron chi connectivity index (χ0n) is 14.6. The molecule has 1 atom stereocenters. The molecule has 0 aliphatic carbocycles. The van der Waals surface area contributed by atoms with E-state index in [2.05, 4.69) is 15.3 Å². The van der Waals surface area contributed by atoms with Gasteiger partial charge in [-0.15, -0.1) is 0 Å². The van der Waals surface area contributed by atoms with E-state index in [4.69, 9.17) is 11.6 Å². The molecule has 1 amide bonds. The maximum absolute atomic E-state index is 13.0. The van der Waals surface area contributed by atoms with Crippen molar-refractivity contribution in [3.05, 3.63) is 89.5 Å². The van der Waals surface area contributed by atoms with Gasteiger partial charge in [-0.1, -0.05) is 35.9 Å². The number of nitrogens with zero attached hydrogens (tertiary/aromatic N) is 3. The van der Waals surface area contributed by atoms with Gasteiger partial charge in [0.2, 0.25) is 0 Å². The number of rotatable bonds is 4. The first kappa shape index (κ1) is 17.2. The van der Waals surface area contributed by atoms with Crippen molar-refractivity contribution in [2.24, 2.45) is 0 Å². The number of aromatic nitrogens is 3. The van der Waals surface area contributed by atoms with Gasteiger partial charge in [-0.25, -0.2) is 4.98 Å². The minimum absolute atomic E-state index is 0.186. The van der Waals surface area contributed by atoms with E-state index in [9.17, 15) is 4.79 Å². The van der Waals surface area contributed by atoms with Gasteiger partial charge in [0.1, 0.15) is 5.65 Å². The fraction of sp³-hybridized carbons (Fsp3) is 0.0952. The summed E-state index contributed by atoms with van der Waals surface area (Å²) in [6, 6.07) is 16.7. The van der Waals surface area contributed by atoms with E-state index in [1.165, 1.54) is 0 Å². The number of fused-ring (bicyclic) bond motifs is 1. The Morgan fingerprint density at radius 3 is 2.67 bits per heavy atom. The summed E-state index contributed by atoms with van der Waals surface area (Å²) in [5.41, 5.74) is 3.62. The minimum atomic E-state index is -0.236. The highest BCUT2D eigenvalue weighted by atomic mass is 35.5. The number of carbonyl (C=O) groups excluding carboxylic acids is 1. The third-order valence-electron chi connectivity index (χ3n) is 4.39. The lowest BCUT2D eigenvalue weighted by atomic mass is 10.1. The van der Waals surface area contributed by atoms with Crippen LogP contribution in [0.15, 0.2) is 73.2 Å². The van der Waals surface area contributed by atoms with Crippen molar-refractivity contribution in [3.8, 4) is 11.3 Å². The molecule has 3 heterocycles. The summed E-state index contributed by atoms with van der Waals surface area (Å²) in [4.78, 5) is 21.7. The number of benzene rings is 1. The zero-order chi connectivity index (χ0) is 18.8. The maximum Gasteiger partial charge on any atom is 0.272 e. The van der Waals surface area contributed by atoms with Crippen molar-refractivity contribution in [1.82, 2.24) is 19.7 Å². The molecule has 27 heavy (non-hydrogen) atoms. The molecule has 0 fully saturated rings. The highest BCUT2D eigenvalue weighted by Gasteiger charge is 2.21. The zero-order valence-corrected chi connectivity index (χ0v) is 15.4. The molecule has 0 bridgehead atoms. The highest BCUT2D eigenvalue weighted by molar-refractivity contribution is 6.30. The SMILES string of the molecule is CC(NC(=O)c1nc2ccccn2c1-c1ccc(Cl)cc1)c1cccnc1. The molecule has 5 nitrogen and oxygen atoms in total. The van der Waals surface area contributed by atoms with Crippen molar-refractivity contribution in [2.75, 3.05) is 0 Å². The van der Waals surface area contributed by atoms with Crippen LogP contribution in [0.25, 0.3) is 16.9 Å². The van der Waals surface area contributed by atoms with Crippen LogP contribution in [0.5, 0.6) is 0 Å². The van der Waals surface area contributed by atoms with E-state index in [-0.39, 0.29) is 11.9 Å². The highest BCUT2D eigenvalue weighted by Crippen LogP contribution is 2.27. The van der Waals surface area contributed by atoms with Gasteiger partial charge in [-0.05, 0) is 42.8 Å². The predicted molar refractivity (Wildman–Crippen MR) is 106 cm³/mol. The third kappa shape index (κ3) is 3.41. The quantitative estimate of drug-likeness (QED) is 0.568. The Kier molecular flexibility index (Phi) is 4.60. The molecular weight excluding hydrogens is 360 g/mol. The number of pyridine rings is 2. The molecule has 1 N–H and O–H groups in total. The number of amides is 1. The van der Waals surface area contributed by atoms with Crippen LogP contribution in [0.3, 0.4) is 0 Å². The molecule has 3 aromatic heterocycles. The standard InChI is InChI=1S/C21H17ClN4O/c1-14(16-5-4-11-23-13-16)24-21(27)19-20(15-7-9-17(22)10-8-15)26-12-3-2-6-18(26)25-19/h2-14H,1H3,(H,24,27). The Balaban J connectivity index is 1.75. The van der Waals surface area contributed by atoms with Crippen LogP contribution >= 0.6 is 11.6 Å². The van der Waals surface area contributed by atoms with Crippen molar-refractivity contribution in [3.63, 3.8) is 0 Å². The van der Waals surface area contributed by atoms with Crippen LogP contribution in [-0.2, 0) is 0 Å². The summed E-state index contributed by atoms with van der Waals surface area (Å²) in [5, 5.41) is 3.66. The molecule has 6 heteroatoms. The third-order valence-corrected chi connectivity index (χ3v) is 4.65. The summed E-state index contributed by atoms with van der Waals surface area (Å²) in [6.45, 7) is 1.92. The van der Waals surface area contributed by atoms with Gasteiger partial charge in [-0.2, -0.15) is 0 Å². The molecule has 4 rings (SSSR count). The normalized spacial score (nSPS) is 12.1. The summed E-state index contributed by atoms with van der Waals surface area (Å²) < 4.78 is 1.91. The monoisotopic (exact) mass is 376 g/mol. The predicted octanol–water partition coefficient (Wildman–Crippen LogP) is 4.54. The van der Waals surface area contributed by atoms with Crippen LogP contribution in [0.2, 0.25) is 5.02 Å². The molecule has 0 aliphatic rings. The average Bonchev–Trinajstić information content (AvgIpc) is 3.09. The molecule has 0 saturated heterocycles. The molecule has 1 aromatic carbocycles. The average molecular weight is 377 g/mol. The van der Waals surface area contributed by atoms with Crippen molar-refractivity contribution in [2.45, 2.75) is 13.0 Å². The van der Waals surface area contributed by atoms with E-state index < -0.39 is 0 Å².